The van der Waals surface area contributed by atoms with Gasteiger partial charge in [0.2, 0.25) is 5.89 Å². The van der Waals surface area contributed by atoms with E-state index in [4.69, 9.17) is 4.52 Å². The van der Waals surface area contributed by atoms with Crippen molar-refractivity contribution < 1.29 is 4.52 Å². The Balaban J connectivity index is 1.72. The Morgan fingerprint density at radius 3 is 3.00 bits per heavy atom. The molecule has 1 aliphatic heterocycles. The molecule has 15 heavy (non-hydrogen) atoms. The van der Waals surface area contributed by atoms with Crippen LogP contribution in [0.25, 0.3) is 0 Å². The van der Waals surface area contributed by atoms with E-state index < -0.39 is 0 Å². The molecule has 82 valence electrons. The Morgan fingerprint density at radius 2 is 2.33 bits per heavy atom. The number of hydrogen-bond donors (Lipinski definition) is 1. The maximum Gasteiger partial charge on any atom is 0.231 e. The molecule has 1 saturated carbocycles. The van der Waals surface area contributed by atoms with Crippen molar-refractivity contribution in [2.75, 3.05) is 13.1 Å². The second-order valence-electron chi connectivity index (χ2n) is 4.85. The van der Waals surface area contributed by atoms with Gasteiger partial charge in [-0.05, 0) is 31.7 Å². The molecule has 1 aromatic heterocycles. The van der Waals surface area contributed by atoms with Crippen molar-refractivity contribution in [2.45, 2.75) is 38.0 Å². The molecule has 0 radical (unpaired) electrons. The first kappa shape index (κ1) is 9.33. The molecular weight excluding hydrogens is 190 g/mol. The molecule has 1 N–H and O–H groups in total. The van der Waals surface area contributed by atoms with Crippen LogP contribution in [-0.2, 0) is 0 Å². The minimum atomic E-state index is 0.439. The first-order valence-electron chi connectivity index (χ1n) is 5.89. The third-order valence-electron chi connectivity index (χ3n) is 3.54. The first-order chi connectivity index (χ1) is 7.34. The van der Waals surface area contributed by atoms with Gasteiger partial charge in [0.05, 0.1) is 5.92 Å². The average Bonchev–Trinajstić information content (AvgIpc) is 2.83. The highest BCUT2D eigenvalue weighted by Crippen LogP contribution is 2.45. The van der Waals surface area contributed by atoms with Crippen molar-refractivity contribution in [3.8, 4) is 0 Å². The van der Waals surface area contributed by atoms with Crippen LogP contribution in [0.2, 0.25) is 0 Å². The van der Waals surface area contributed by atoms with E-state index in [-0.39, 0.29) is 0 Å². The number of piperidine rings is 1. The maximum absolute atomic E-state index is 5.35. The van der Waals surface area contributed by atoms with E-state index in [0.29, 0.717) is 11.8 Å². The molecule has 1 saturated heterocycles. The fourth-order valence-electron chi connectivity index (χ4n) is 2.31. The summed E-state index contributed by atoms with van der Waals surface area (Å²) in [5.41, 5.74) is 0. The molecule has 0 amide bonds. The molecule has 4 nitrogen and oxygen atoms in total. The average molecular weight is 207 g/mol. The lowest BCUT2D eigenvalue weighted by molar-refractivity contribution is 0.320. The molecule has 0 bridgehead atoms. The van der Waals surface area contributed by atoms with Crippen molar-refractivity contribution in [3.05, 3.63) is 11.7 Å². The number of nitrogens with zero attached hydrogens (tertiary/aromatic N) is 2. The predicted octanol–water partition coefficient (Wildman–Crippen LogP) is 1.66. The van der Waals surface area contributed by atoms with Crippen LogP contribution in [0.3, 0.4) is 0 Å². The zero-order chi connectivity index (χ0) is 10.3. The van der Waals surface area contributed by atoms with Crippen LogP contribution in [-0.4, -0.2) is 23.2 Å². The van der Waals surface area contributed by atoms with Gasteiger partial charge < -0.3 is 9.84 Å². The molecule has 2 aliphatic rings. The van der Waals surface area contributed by atoms with Gasteiger partial charge in [-0.2, -0.15) is 4.98 Å². The normalized spacial score (nSPS) is 35.4. The number of rotatable bonds is 2. The summed E-state index contributed by atoms with van der Waals surface area (Å²) in [4.78, 5) is 4.53. The van der Waals surface area contributed by atoms with Crippen LogP contribution in [0.1, 0.15) is 49.7 Å². The van der Waals surface area contributed by atoms with E-state index in [1.165, 1.54) is 19.3 Å². The van der Waals surface area contributed by atoms with Crippen LogP contribution < -0.4 is 5.32 Å². The third-order valence-corrected chi connectivity index (χ3v) is 3.54. The number of nitrogens with one attached hydrogen (secondary N) is 1. The summed E-state index contributed by atoms with van der Waals surface area (Å²) in [5, 5.41) is 7.46. The summed E-state index contributed by atoms with van der Waals surface area (Å²) in [5.74, 6) is 3.53. The highest BCUT2D eigenvalue weighted by atomic mass is 16.5. The van der Waals surface area contributed by atoms with Gasteiger partial charge in [0.1, 0.15) is 0 Å². The van der Waals surface area contributed by atoms with Crippen LogP contribution in [0.4, 0.5) is 0 Å². The lowest BCUT2D eigenvalue weighted by Gasteiger charge is -2.18. The molecule has 1 aliphatic carbocycles. The Labute approximate surface area is 89.4 Å². The van der Waals surface area contributed by atoms with Gasteiger partial charge in [-0.3, -0.25) is 0 Å². The highest BCUT2D eigenvalue weighted by Gasteiger charge is 2.38. The van der Waals surface area contributed by atoms with Crippen LogP contribution in [0, 0.1) is 5.92 Å². The van der Waals surface area contributed by atoms with E-state index >= 15 is 0 Å². The zero-order valence-electron chi connectivity index (χ0n) is 9.07. The summed E-state index contributed by atoms with van der Waals surface area (Å²) in [6, 6.07) is 0. The Hall–Kier alpha value is -0.900. The van der Waals surface area contributed by atoms with Crippen LogP contribution >= 0.6 is 0 Å². The summed E-state index contributed by atoms with van der Waals surface area (Å²) >= 11 is 0. The quantitative estimate of drug-likeness (QED) is 0.801. The van der Waals surface area contributed by atoms with E-state index in [1.807, 2.05) is 0 Å². The Bertz CT molecular complexity index is 343. The lowest BCUT2D eigenvalue weighted by atomic mass is 10.00. The molecule has 0 aromatic carbocycles. The van der Waals surface area contributed by atoms with Gasteiger partial charge in [0.15, 0.2) is 5.82 Å². The van der Waals surface area contributed by atoms with Gasteiger partial charge in [0.25, 0.3) is 0 Å². The summed E-state index contributed by atoms with van der Waals surface area (Å²) in [6.45, 7) is 4.35. The second-order valence-corrected chi connectivity index (χ2v) is 4.85. The molecule has 1 aromatic rings. The van der Waals surface area contributed by atoms with E-state index in [0.717, 1.165) is 30.7 Å². The monoisotopic (exact) mass is 207 g/mol. The predicted molar refractivity (Wildman–Crippen MR) is 55.7 cm³/mol. The lowest BCUT2D eigenvalue weighted by Crippen LogP contribution is -2.28. The van der Waals surface area contributed by atoms with Gasteiger partial charge in [0, 0.05) is 12.5 Å². The minimum Gasteiger partial charge on any atom is -0.339 e. The molecule has 2 fully saturated rings. The molecule has 4 heteroatoms. The largest absolute Gasteiger partial charge is 0.339 e. The molecule has 3 atom stereocenters. The fourth-order valence-corrected chi connectivity index (χ4v) is 2.31. The fraction of sp³-hybridized carbons (Fsp3) is 0.818. The van der Waals surface area contributed by atoms with Gasteiger partial charge in [-0.1, -0.05) is 12.1 Å². The van der Waals surface area contributed by atoms with E-state index in [2.05, 4.69) is 22.4 Å². The van der Waals surface area contributed by atoms with Gasteiger partial charge >= 0.3 is 0 Å². The highest BCUT2D eigenvalue weighted by molar-refractivity contribution is 5.09. The van der Waals surface area contributed by atoms with Gasteiger partial charge in [-0.25, -0.2) is 0 Å². The Kier molecular flexibility index (Phi) is 2.24. The standard InChI is InChI=1S/C11H17N3O/c1-7-5-9(7)10-13-11(15-14-10)8-3-2-4-12-6-8/h7-9,12H,2-6H2,1H3. The SMILES string of the molecule is CC1CC1c1noc(C2CCCNC2)n1. The number of hydrogen-bond acceptors (Lipinski definition) is 4. The summed E-state index contributed by atoms with van der Waals surface area (Å²) < 4.78 is 5.35. The minimum absolute atomic E-state index is 0.439. The first-order valence-corrected chi connectivity index (χ1v) is 5.89. The van der Waals surface area contributed by atoms with Crippen molar-refractivity contribution in [2.24, 2.45) is 5.92 Å². The molecule has 0 spiro atoms. The van der Waals surface area contributed by atoms with E-state index in [1.54, 1.807) is 0 Å². The molecule has 2 heterocycles. The molecule has 3 unspecified atom stereocenters. The zero-order valence-corrected chi connectivity index (χ0v) is 9.07. The second kappa shape index (κ2) is 3.59. The van der Waals surface area contributed by atoms with Crippen molar-refractivity contribution >= 4 is 0 Å². The smallest absolute Gasteiger partial charge is 0.231 e. The summed E-state index contributed by atoms with van der Waals surface area (Å²) in [7, 11) is 0. The number of aromatic nitrogens is 2. The topological polar surface area (TPSA) is 51.0 Å². The van der Waals surface area contributed by atoms with Crippen molar-refractivity contribution in [1.29, 1.82) is 0 Å². The molecular formula is C11H17N3O. The maximum atomic E-state index is 5.35. The van der Waals surface area contributed by atoms with Crippen molar-refractivity contribution in [3.63, 3.8) is 0 Å². The van der Waals surface area contributed by atoms with Crippen LogP contribution in [0.15, 0.2) is 4.52 Å². The van der Waals surface area contributed by atoms with Gasteiger partial charge in [-0.15, -0.1) is 0 Å². The van der Waals surface area contributed by atoms with Crippen molar-refractivity contribution in [1.82, 2.24) is 15.5 Å². The third kappa shape index (κ3) is 1.78. The van der Waals surface area contributed by atoms with Crippen LogP contribution in [0.5, 0.6) is 0 Å². The summed E-state index contributed by atoms with van der Waals surface area (Å²) in [6.07, 6.45) is 3.61. The Morgan fingerprint density at radius 1 is 1.47 bits per heavy atom. The van der Waals surface area contributed by atoms with E-state index in [9.17, 15) is 0 Å². The molecule has 3 rings (SSSR count).